The Morgan fingerprint density at radius 2 is 1.19 bits per heavy atom. The Hall–Kier alpha value is -2.22. The molecular formula is C17H11F13O2. The number of esters is 1. The summed E-state index contributed by atoms with van der Waals surface area (Å²) in [5.41, 5.74) is 0.181. The first-order valence-corrected chi connectivity index (χ1v) is 8.42. The van der Waals surface area contributed by atoms with Crippen molar-refractivity contribution in [1.29, 1.82) is 0 Å². The molecule has 0 amide bonds. The standard InChI is InChI=1S/C17H11F13O2/c18-12(19,7-9-6-10(32-11(9)31)8-4-2-1-3-5-8)13(20,21)14(22,23)15(24,25)16(26,27)17(28,29)30/h1-5,9-10H,6-7H2/t9-,10+/m1/s1. The Balaban J connectivity index is 2.33. The lowest BCUT2D eigenvalue weighted by Crippen LogP contribution is -2.70. The Morgan fingerprint density at radius 1 is 0.719 bits per heavy atom. The van der Waals surface area contributed by atoms with Gasteiger partial charge >= 0.3 is 41.8 Å². The van der Waals surface area contributed by atoms with Crippen molar-refractivity contribution in [3.05, 3.63) is 35.9 Å². The lowest BCUT2D eigenvalue weighted by atomic mass is 9.87. The number of rotatable bonds is 7. The van der Waals surface area contributed by atoms with Crippen LogP contribution in [0, 0.1) is 5.92 Å². The summed E-state index contributed by atoms with van der Waals surface area (Å²) in [5.74, 6) is -41.2. The average molecular weight is 494 g/mol. The van der Waals surface area contributed by atoms with Crippen LogP contribution in [0.4, 0.5) is 57.1 Å². The summed E-state index contributed by atoms with van der Waals surface area (Å²) in [6.07, 6.45) is -12.1. The van der Waals surface area contributed by atoms with Gasteiger partial charge in [-0.2, -0.15) is 57.1 Å². The molecule has 0 unspecified atom stereocenters. The third-order valence-electron chi connectivity index (χ3n) is 4.76. The minimum Gasteiger partial charge on any atom is -0.457 e. The van der Waals surface area contributed by atoms with E-state index in [-0.39, 0.29) is 5.56 Å². The zero-order valence-electron chi connectivity index (χ0n) is 15.2. The van der Waals surface area contributed by atoms with E-state index >= 15 is 0 Å². The highest BCUT2D eigenvalue weighted by molar-refractivity contribution is 5.75. The van der Waals surface area contributed by atoms with E-state index in [4.69, 9.17) is 0 Å². The molecule has 2 nitrogen and oxygen atoms in total. The normalized spacial score (nSPS) is 21.6. The fourth-order valence-corrected chi connectivity index (χ4v) is 2.92. The van der Waals surface area contributed by atoms with Gasteiger partial charge in [0.15, 0.2) is 0 Å². The van der Waals surface area contributed by atoms with Gasteiger partial charge in [-0.1, -0.05) is 30.3 Å². The molecule has 182 valence electrons. The Labute approximate surface area is 170 Å². The molecule has 0 aliphatic carbocycles. The molecule has 0 N–H and O–H groups in total. The fourth-order valence-electron chi connectivity index (χ4n) is 2.92. The predicted molar refractivity (Wildman–Crippen MR) is 78.8 cm³/mol. The maximum atomic E-state index is 14.0. The Kier molecular flexibility index (Phi) is 6.25. The van der Waals surface area contributed by atoms with Crippen molar-refractivity contribution in [2.24, 2.45) is 5.92 Å². The van der Waals surface area contributed by atoms with Crippen molar-refractivity contribution in [2.45, 2.75) is 54.7 Å². The van der Waals surface area contributed by atoms with Gasteiger partial charge in [0.1, 0.15) is 6.10 Å². The maximum absolute atomic E-state index is 14.0. The third kappa shape index (κ3) is 3.87. The van der Waals surface area contributed by atoms with Crippen molar-refractivity contribution < 1.29 is 66.6 Å². The number of benzene rings is 1. The molecule has 0 bridgehead atoms. The number of carbonyl (C=O) groups excluding carboxylic acids is 1. The molecule has 1 aliphatic rings. The number of alkyl halides is 13. The van der Waals surface area contributed by atoms with Crippen molar-refractivity contribution in [1.82, 2.24) is 0 Å². The molecule has 2 rings (SSSR count). The molecule has 0 spiro atoms. The smallest absolute Gasteiger partial charge is 0.457 e. The van der Waals surface area contributed by atoms with Gasteiger partial charge in [0.25, 0.3) is 0 Å². The Morgan fingerprint density at radius 3 is 1.66 bits per heavy atom. The SMILES string of the molecule is O=C1O[C@H](c2ccccc2)C[C@@H]1CC(F)(F)C(F)(F)C(F)(F)C(F)(F)C(F)(F)C(F)(F)F. The molecule has 1 aromatic carbocycles. The van der Waals surface area contributed by atoms with Gasteiger partial charge in [-0.15, -0.1) is 0 Å². The highest BCUT2D eigenvalue weighted by Gasteiger charge is 2.90. The number of cyclic esters (lactones) is 1. The van der Waals surface area contributed by atoms with Crippen molar-refractivity contribution in [2.75, 3.05) is 0 Å². The average Bonchev–Trinajstić information content (AvgIpc) is 3.00. The number of hydrogen-bond acceptors (Lipinski definition) is 2. The van der Waals surface area contributed by atoms with E-state index in [0.717, 1.165) is 0 Å². The van der Waals surface area contributed by atoms with E-state index in [1.165, 1.54) is 30.3 Å². The van der Waals surface area contributed by atoms with Crippen LogP contribution in [0.15, 0.2) is 30.3 Å². The van der Waals surface area contributed by atoms with Crippen LogP contribution in [0.25, 0.3) is 0 Å². The van der Waals surface area contributed by atoms with Crippen molar-refractivity contribution in [3.8, 4) is 0 Å². The van der Waals surface area contributed by atoms with E-state index < -0.39 is 66.6 Å². The molecule has 2 atom stereocenters. The summed E-state index contributed by atoms with van der Waals surface area (Å²) >= 11 is 0. The lowest BCUT2D eigenvalue weighted by molar-refractivity contribution is -0.440. The quantitative estimate of drug-likeness (QED) is 0.323. The second-order valence-corrected chi connectivity index (χ2v) is 6.97. The van der Waals surface area contributed by atoms with E-state index in [1.807, 2.05) is 0 Å². The van der Waals surface area contributed by atoms with E-state index in [2.05, 4.69) is 4.74 Å². The van der Waals surface area contributed by atoms with Gasteiger partial charge in [-0.3, -0.25) is 4.79 Å². The molecule has 15 heteroatoms. The van der Waals surface area contributed by atoms with E-state index in [9.17, 15) is 61.9 Å². The van der Waals surface area contributed by atoms with Crippen LogP contribution in [0.1, 0.15) is 24.5 Å². The van der Waals surface area contributed by atoms with Crippen LogP contribution in [-0.2, 0) is 9.53 Å². The van der Waals surface area contributed by atoms with Gasteiger partial charge in [0.2, 0.25) is 0 Å². The molecule has 1 saturated heterocycles. The number of halogens is 13. The third-order valence-corrected chi connectivity index (χ3v) is 4.76. The summed E-state index contributed by atoms with van der Waals surface area (Å²) in [6, 6.07) is 6.94. The first-order chi connectivity index (χ1) is 14.2. The zero-order valence-corrected chi connectivity index (χ0v) is 15.2. The maximum Gasteiger partial charge on any atom is 0.460 e. The molecule has 1 aliphatic heterocycles. The zero-order chi connectivity index (χ0) is 25.0. The van der Waals surface area contributed by atoms with Gasteiger partial charge < -0.3 is 4.74 Å². The molecular weight excluding hydrogens is 483 g/mol. The van der Waals surface area contributed by atoms with Crippen molar-refractivity contribution in [3.63, 3.8) is 0 Å². The molecule has 0 aromatic heterocycles. The predicted octanol–water partition coefficient (Wildman–Crippen LogP) is 6.42. The summed E-state index contributed by atoms with van der Waals surface area (Å²) < 4.78 is 176. The molecule has 0 saturated carbocycles. The minimum absolute atomic E-state index is 0.181. The molecule has 0 radical (unpaired) electrons. The minimum atomic E-state index is -7.96. The van der Waals surface area contributed by atoms with Crippen LogP contribution in [0.3, 0.4) is 0 Å². The summed E-state index contributed by atoms with van der Waals surface area (Å²) in [6.45, 7) is 0. The molecule has 32 heavy (non-hydrogen) atoms. The van der Waals surface area contributed by atoms with Crippen LogP contribution < -0.4 is 0 Å². The van der Waals surface area contributed by atoms with E-state index in [0.29, 0.717) is 0 Å². The largest absolute Gasteiger partial charge is 0.460 e. The first kappa shape index (κ1) is 26.0. The summed E-state index contributed by atoms with van der Waals surface area (Å²) in [7, 11) is 0. The second-order valence-electron chi connectivity index (χ2n) is 6.97. The molecule has 1 fully saturated rings. The monoisotopic (exact) mass is 494 g/mol. The van der Waals surface area contributed by atoms with Crippen LogP contribution >= 0.6 is 0 Å². The van der Waals surface area contributed by atoms with Crippen LogP contribution in [0.5, 0.6) is 0 Å². The topological polar surface area (TPSA) is 26.3 Å². The Bertz CT molecular complexity index is 833. The molecule has 1 aromatic rings. The number of hydrogen-bond donors (Lipinski definition) is 0. The highest BCUT2D eigenvalue weighted by atomic mass is 19.4. The number of carbonyl (C=O) groups is 1. The lowest BCUT2D eigenvalue weighted by Gasteiger charge is -2.40. The van der Waals surface area contributed by atoms with Gasteiger partial charge in [0, 0.05) is 12.8 Å². The second kappa shape index (κ2) is 7.68. The van der Waals surface area contributed by atoms with Gasteiger partial charge in [0.05, 0.1) is 5.92 Å². The molecule has 1 heterocycles. The van der Waals surface area contributed by atoms with Gasteiger partial charge in [-0.25, -0.2) is 0 Å². The fraction of sp³-hybridized carbons (Fsp3) is 0.588. The first-order valence-electron chi connectivity index (χ1n) is 8.42. The van der Waals surface area contributed by atoms with Crippen LogP contribution in [0.2, 0.25) is 0 Å². The van der Waals surface area contributed by atoms with Crippen molar-refractivity contribution >= 4 is 5.97 Å². The number of ether oxygens (including phenoxy) is 1. The highest BCUT2D eigenvalue weighted by Crippen LogP contribution is 2.61. The van der Waals surface area contributed by atoms with Gasteiger partial charge in [-0.05, 0) is 5.56 Å². The van der Waals surface area contributed by atoms with E-state index in [1.54, 1.807) is 0 Å². The summed E-state index contributed by atoms with van der Waals surface area (Å²) in [4.78, 5) is 11.7. The summed E-state index contributed by atoms with van der Waals surface area (Å²) in [5, 5.41) is 0. The van der Waals surface area contributed by atoms with Crippen LogP contribution in [-0.4, -0.2) is 41.8 Å².